The summed E-state index contributed by atoms with van der Waals surface area (Å²) in [5, 5.41) is 6.02. The van der Waals surface area contributed by atoms with Crippen LogP contribution in [-0.4, -0.2) is 10.9 Å². The van der Waals surface area contributed by atoms with Crippen LogP contribution in [0.25, 0.3) is 5.57 Å². The summed E-state index contributed by atoms with van der Waals surface area (Å²) in [6.45, 7) is 4.10. The number of aromatic nitrogens is 1. The lowest BCUT2D eigenvalue weighted by Gasteiger charge is -2.06. The Morgan fingerprint density at radius 2 is 2.09 bits per heavy atom. The third-order valence-corrected chi connectivity index (χ3v) is 4.47. The molecule has 0 saturated heterocycles. The molecule has 0 unspecified atom stereocenters. The van der Waals surface area contributed by atoms with Crippen LogP contribution in [0.2, 0.25) is 0 Å². The number of nitrogens with one attached hydrogen (secondary N) is 1. The van der Waals surface area contributed by atoms with E-state index in [4.69, 9.17) is 0 Å². The minimum atomic E-state index is -0.0394. The second kappa shape index (κ2) is 6.28. The van der Waals surface area contributed by atoms with E-state index in [1.165, 1.54) is 5.56 Å². The molecule has 0 radical (unpaired) electrons. The van der Waals surface area contributed by atoms with E-state index in [-0.39, 0.29) is 5.91 Å². The molecule has 0 spiro atoms. The van der Waals surface area contributed by atoms with Crippen LogP contribution in [0.4, 0.5) is 5.69 Å². The van der Waals surface area contributed by atoms with Crippen LogP contribution in [0.1, 0.15) is 29.6 Å². The van der Waals surface area contributed by atoms with Gasteiger partial charge in [0, 0.05) is 16.6 Å². The third-order valence-electron chi connectivity index (χ3n) is 3.70. The quantitative estimate of drug-likeness (QED) is 0.911. The van der Waals surface area contributed by atoms with Gasteiger partial charge in [0.05, 0.1) is 10.7 Å². The number of aryl methyl sites for hydroxylation is 2. The largest absolute Gasteiger partial charge is 0.322 e. The zero-order valence-electron chi connectivity index (χ0n) is 12.7. The number of amides is 1. The fourth-order valence-electron chi connectivity index (χ4n) is 2.39. The van der Waals surface area contributed by atoms with E-state index >= 15 is 0 Å². The van der Waals surface area contributed by atoms with Gasteiger partial charge in [-0.05, 0) is 49.1 Å². The van der Waals surface area contributed by atoms with Crippen molar-refractivity contribution in [1.82, 2.24) is 4.98 Å². The Balaban J connectivity index is 1.68. The Hall–Kier alpha value is -2.20. The van der Waals surface area contributed by atoms with Crippen molar-refractivity contribution in [2.24, 2.45) is 0 Å². The van der Waals surface area contributed by atoms with Gasteiger partial charge in [-0.1, -0.05) is 25.1 Å². The second-order valence-electron chi connectivity index (χ2n) is 5.29. The molecule has 3 nitrogen and oxygen atoms in total. The SMILES string of the molecule is CCc1ccc(NC(=O)C2=CC(c3csc(C)n3)=CC2)cc1. The van der Waals surface area contributed by atoms with Crippen LogP contribution < -0.4 is 5.32 Å². The zero-order chi connectivity index (χ0) is 15.5. The van der Waals surface area contributed by atoms with Crippen molar-refractivity contribution in [2.75, 3.05) is 5.32 Å². The van der Waals surface area contributed by atoms with Crippen LogP contribution in [0.15, 0.2) is 47.4 Å². The van der Waals surface area contributed by atoms with E-state index in [1.807, 2.05) is 42.6 Å². The molecule has 1 heterocycles. The Kier molecular flexibility index (Phi) is 4.20. The second-order valence-corrected chi connectivity index (χ2v) is 6.35. The molecule has 4 heteroatoms. The predicted molar refractivity (Wildman–Crippen MR) is 92.0 cm³/mol. The molecule has 112 valence electrons. The van der Waals surface area contributed by atoms with Gasteiger partial charge in [0.1, 0.15) is 0 Å². The lowest BCUT2D eigenvalue weighted by atomic mass is 10.1. The van der Waals surface area contributed by atoms with Crippen molar-refractivity contribution in [2.45, 2.75) is 26.7 Å². The number of hydrogen-bond acceptors (Lipinski definition) is 3. The monoisotopic (exact) mass is 310 g/mol. The Bertz CT molecular complexity index is 754. The minimum Gasteiger partial charge on any atom is -0.322 e. The molecule has 2 aromatic rings. The standard InChI is InChI=1S/C18H18N2OS/c1-3-13-4-8-16(9-5-13)20-18(21)15-7-6-14(10-15)17-11-22-12(2)19-17/h4-6,8-11H,3,7H2,1-2H3,(H,20,21). The smallest absolute Gasteiger partial charge is 0.251 e. The maximum atomic E-state index is 12.3. The molecule has 1 N–H and O–H groups in total. The molecule has 0 bridgehead atoms. The minimum absolute atomic E-state index is 0.0394. The van der Waals surface area contributed by atoms with E-state index in [0.717, 1.165) is 34.0 Å². The first-order chi connectivity index (χ1) is 10.7. The summed E-state index contributed by atoms with van der Waals surface area (Å²) in [5.41, 5.74) is 4.87. The van der Waals surface area contributed by atoms with Gasteiger partial charge in [-0.15, -0.1) is 11.3 Å². The lowest BCUT2D eigenvalue weighted by Crippen LogP contribution is -2.13. The summed E-state index contributed by atoms with van der Waals surface area (Å²) < 4.78 is 0. The first-order valence-corrected chi connectivity index (χ1v) is 8.27. The highest BCUT2D eigenvalue weighted by Crippen LogP contribution is 2.27. The number of allylic oxidation sites excluding steroid dienone is 3. The van der Waals surface area contributed by atoms with Gasteiger partial charge in [0.2, 0.25) is 0 Å². The van der Waals surface area contributed by atoms with Gasteiger partial charge in [-0.3, -0.25) is 4.79 Å². The predicted octanol–water partition coefficient (Wildman–Crippen LogP) is 4.37. The van der Waals surface area contributed by atoms with Crippen molar-refractivity contribution in [3.8, 4) is 0 Å². The average Bonchev–Trinajstić information content (AvgIpc) is 3.16. The van der Waals surface area contributed by atoms with E-state index in [9.17, 15) is 4.79 Å². The molecule has 1 amide bonds. The third kappa shape index (κ3) is 3.17. The topological polar surface area (TPSA) is 42.0 Å². The van der Waals surface area contributed by atoms with E-state index < -0.39 is 0 Å². The molecule has 0 atom stereocenters. The molecule has 0 fully saturated rings. The van der Waals surface area contributed by atoms with E-state index in [0.29, 0.717) is 6.42 Å². The summed E-state index contributed by atoms with van der Waals surface area (Å²) in [6.07, 6.45) is 5.65. The summed E-state index contributed by atoms with van der Waals surface area (Å²) in [5.74, 6) is -0.0394. The van der Waals surface area contributed by atoms with Crippen molar-refractivity contribution in [1.29, 1.82) is 0 Å². The highest BCUT2D eigenvalue weighted by molar-refractivity contribution is 7.09. The summed E-state index contributed by atoms with van der Waals surface area (Å²) in [4.78, 5) is 16.8. The first kappa shape index (κ1) is 14.7. The average molecular weight is 310 g/mol. The lowest BCUT2D eigenvalue weighted by molar-refractivity contribution is -0.112. The van der Waals surface area contributed by atoms with E-state index in [1.54, 1.807) is 11.3 Å². The van der Waals surface area contributed by atoms with Gasteiger partial charge in [0.25, 0.3) is 5.91 Å². The normalized spacial score (nSPS) is 13.7. The van der Waals surface area contributed by atoms with Crippen LogP contribution in [-0.2, 0) is 11.2 Å². The fourth-order valence-corrected chi connectivity index (χ4v) is 3.02. The molecular formula is C18H18N2OS. The highest BCUT2D eigenvalue weighted by Gasteiger charge is 2.16. The first-order valence-electron chi connectivity index (χ1n) is 7.39. The van der Waals surface area contributed by atoms with E-state index in [2.05, 4.69) is 23.3 Å². The zero-order valence-corrected chi connectivity index (χ0v) is 13.5. The number of thiazole rings is 1. The van der Waals surface area contributed by atoms with Crippen molar-refractivity contribution in [3.05, 3.63) is 63.6 Å². The highest BCUT2D eigenvalue weighted by atomic mass is 32.1. The van der Waals surface area contributed by atoms with Gasteiger partial charge < -0.3 is 5.32 Å². The number of hydrogen-bond donors (Lipinski definition) is 1. The summed E-state index contributed by atoms with van der Waals surface area (Å²) in [7, 11) is 0. The van der Waals surface area contributed by atoms with Crippen LogP contribution in [0, 0.1) is 6.92 Å². The maximum absolute atomic E-state index is 12.3. The van der Waals surface area contributed by atoms with Crippen LogP contribution in [0.5, 0.6) is 0 Å². The fraction of sp³-hybridized carbons (Fsp3) is 0.222. The van der Waals surface area contributed by atoms with Crippen LogP contribution in [0.3, 0.4) is 0 Å². The van der Waals surface area contributed by atoms with Crippen molar-refractivity contribution >= 4 is 28.5 Å². The summed E-state index contributed by atoms with van der Waals surface area (Å²) >= 11 is 1.63. The molecule has 3 rings (SSSR count). The Morgan fingerprint density at radius 3 is 2.73 bits per heavy atom. The molecular weight excluding hydrogens is 292 g/mol. The number of nitrogens with zero attached hydrogens (tertiary/aromatic N) is 1. The van der Waals surface area contributed by atoms with Gasteiger partial charge in [-0.2, -0.15) is 0 Å². The molecule has 1 aliphatic rings. The number of carbonyl (C=O) groups excluding carboxylic acids is 1. The number of rotatable bonds is 4. The maximum Gasteiger partial charge on any atom is 0.251 e. The molecule has 0 aliphatic heterocycles. The Morgan fingerprint density at radius 1 is 1.32 bits per heavy atom. The molecule has 22 heavy (non-hydrogen) atoms. The van der Waals surface area contributed by atoms with Crippen LogP contribution >= 0.6 is 11.3 Å². The van der Waals surface area contributed by atoms with Gasteiger partial charge >= 0.3 is 0 Å². The van der Waals surface area contributed by atoms with Gasteiger partial charge in [0.15, 0.2) is 0 Å². The Labute approximate surface area is 134 Å². The number of benzene rings is 1. The number of carbonyl (C=O) groups is 1. The molecule has 1 aliphatic carbocycles. The van der Waals surface area contributed by atoms with Crippen molar-refractivity contribution < 1.29 is 4.79 Å². The molecule has 1 aromatic heterocycles. The van der Waals surface area contributed by atoms with Gasteiger partial charge in [-0.25, -0.2) is 4.98 Å². The molecule has 1 aromatic carbocycles. The van der Waals surface area contributed by atoms with Crippen molar-refractivity contribution in [3.63, 3.8) is 0 Å². The summed E-state index contributed by atoms with van der Waals surface area (Å²) in [6, 6.07) is 7.98. The number of anilines is 1. The molecule has 0 saturated carbocycles.